The molecule has 2 aromatic carbocycles. The van der Waals surface area contributed by atoms with Crippen LogP contribution in [0.3, 0.4) is 0 Å². The molecule has 0 aromatic heterocycles. The van der Waals surface area contributed by atoms with Gasteiger partial charge in [-0.25, -0.2) is 13.3 Å². The molecule has 1 amide bonds. The predicted octanol–water partition coefficient (Wildman–Crippen LogP) is 2.77. The number of nitrogens with one attached hydrogen (secondary N) is 1. The van der Waals surface area contributed by atoms with Crippen LogP contribution in [0.25, 0.3) is 6.08 Å². The lowest BCUT2D eigenvalue weighted by Crippen LogP contribution is -2.45. The van der Waals surface area contributed by atoms with Crippen molar-refractivity contribution < 1.29 is 22.7 Å². The smallest absolute Gasteiger partial charge is 0.283 e. The first-order valence-corrected chi connectivity index (χ1v) is 12.1. The highest BCUT2D eigenvalue weighted by molar-refractivity contribution is 8.16. The number of amidine groups is 3. The quantitative estimate of drug-likeness (QED) is 0.391. The average Bonchev–Trinajstić information content (AvgIpc) is 3.20. The number of rotatable bonds is 6. The number of aliphatic imine (C=N–C) groups is 1. The van der Waals surface area contributed by atoms with Crippen molar-refractivity contribution in [3.05, 3.63) is 65.7 Å². The lowest BCUT2D eigenvalue weighted by Gasteiger charge is -2.23. The van der Waals surface area contributed by atoms with E-state index in [0.29, 0.717) is 24.5 Å². The number of para-hydroxylation sites is 1. The third kappa shape index (κ3) is 4.73. The van der Waals surface area contributed by atoms with Gasteiger partial charge in [0.25, 0.3) is 5.91 Å². The van der Waals surface area contributed by atoms with Crippen LogP contribution in [0, 0.1) is 5.41 Å². The van der Waals surface area contributed by atoms with E-state index in [-0.39, 0.29) is 21.7 Å². The van der Waals surface area contributed by atoms with Gasteiger partial charge in [-0.2, -0.15) is 9.39 Å². The number of hydrogen-bond acceptors (Lipinski definition) is 8. The zero-order chi connectivity index (χ0) is 22.7. The Morgan fingerprint density at radius 3 is 2.28 bits per heavy atom. The topological polar surface area (TPSA) is 121 Å². The highest BCUT2D eigenvalue weighted by atomic mass is 32.2. The molecule has 2 aliphatic heterocycles. The molecule has 0 saturated heterocycles. The molecule has 2 aliphatic rings. The molecule has 0 unspecified atom stereocenters. The molecular formula is C21H18N4O5S2. The molecule has 4 rings (SSSR count). The van der Waals surface area contributed by atoms with Gasteiger partial charge in [-0.1, -0.05) is 30.3 Å². The van der Waals surface area contributed by atoms with Crippen LogP contribution in [-0.4, -0.2) is 54.9 Å². The van der Waals surface area contributed by atoms with E-state index in [2.05, 4.69) is 9.39 Å². The van der Waals surface area contributed by atoms with Crippen LogP contribution in [0.1, 0.15) is 5.56 Å². The van der Waals surface area contributed by atoms with E-state index in [1.54, 1.807) is 24.3 Å². The maximum atomic E-state index is 12.4. The normalized spacial score (nSPS) is 17.2. The molecule has 0 fully saturated rings. The third-order valence-corrected chi connectivity index (χ3v) is 6.14. The van der Waals surface area contributed by atoms with Crippen LogP contribution >= 0.6 is 11.9 Å². The first-order valence-electron chi connectivity index (χ1n) is 9.42. The number of nitrogens with zero attached hydrogens (tertiary/aromatic N) is 3. The Bertz CT molecular complexity index is 1250. The van der Waals surface area contributed by atoms with E-state index in [0.717, 1.165) is 28.9 Å². The molecule has 0 spiro atoms. The van der Waals surface area contributed by atoms with Gasteiger partial charge in [-0.05, 0) is 35.9 Å². The second-order valence-electron chi connectivity index (χ2n) is 6.76. The number of benzene rings is 2. The van der Waals surface area contributed by atoms with Crippen LogP contribution < -0.4 is 9.47 Å². The van der Waals surface area contributed by atoms with Crippen LogP contribution in [0.2, 0.25) is 0 Å². The molecule has 0 radical (unpaired) electrons. The van der Waals surface area contributed by atoms with Crippen LogP contribution in [0.4, 0.5) is 0 Å². The van der Waals surface area contributed by atoms with Gasteiger partial charge in [0, 0.05) is 6.26 Å². The summed E-state index contributed by atoms with van der Waals surface area (Å²) in [6.07, 6.45) is 2.47. The fourth-order valence-corrected chi connectivity index (χ4v) is 4.75. The van der Waals surface area contributed by atoms with Crippen molar-refractivity contribution >= 4 is 49.9 Å². The summed E-state index contributed by atoms with van der Waals surface area (Å²) in [5, 5.41) is 8.09. The molecule has 1 N–H and O–H groups in total. The van der Waals surface area contributed by atoms with Gasteiger partial charge >= 0.3 is 0 Å². The Hall–Kier alpha value is -3.44. The Balaban J connectivity index is 1.42. The Kier molecular flexibility index (Phi) is 6.10. The Morgan fingerprint density at radius 2 is 1.66 bits per heavy atom. The minimum absolute atomic E-state index is 0.0301. The second-order valence-corrected chi connectivity index (χ2v) is 9.40. The summed E-state index contributed by atoms with van der Waals surface area (Å²) in [7, 11) is -3.69. The molecule has 0 aliphatic carbocycles. The first kappa shape index (κ1) is 21.8. The number of ether oxygens (including phenoxy) is 2. The van der Waals surface area contributed by atoms with Crippen LogP contribution in [0.5, 0.6) is 11.5 Å². The minimum Gasteiger partial charge on any atom is -0.490 e. The number of fused-ring (bicyclic) bond motifs is 1. The van der Waals surface area contributed by atoms with Crippen molar-refractivity contribution in [1.82, 2.24) is 4.90 Å². The van der Waals surface area contributed by atoms with Crippen LogP contribution in [0.15, 0.2) is 69.6 Å². The summed E-state index contributed by atoms with van der Waals surface area (Å²) in [6, 6.07) is 16.3. The Labute approximate surface area is 189 Å². The molecule has 0 atom stereocenters. The number of amides is 1. The standard InChI is InChI=1S/C21H18N4O5S2/c1-32(27,28)21-24-31-20-23-19(26)17(18(22)25(20)21)13-14-7-9-16(10-8-14)30-12-11-29-15-5-3-2-4-6-15/h2-10,13,22H,11-12H2,1H3/b17-13-,22-18?. The zero-order valence-electron chi connectivity index (χ0n) is 16.9. The number of hydrogen-bond donors (Lipinski definition) is 1. The predicted molar refractivity (Wildman–Crippen MR) is 124 cm³/mol. The molecule has 0 saturated carbocycles. The van der Waals surface area contributed by atoms with E-state index < -0.39 is 15.7 Å². The summed E-state index contributed by atoms with van der Waals surface area (Å²) in [5.41, 5.74) is 0.604. The molecule has 2 heterocycles. The fraction of sp³-hybridized carbons (Fsp3) is 0.143. The molecule has 32 heavy (non-hydrogen) atoms. The van der Waals surface area contributed by atoms with Crippen molar-refractivity contribution in [3.8, 4) is 11.5 Å². The highest BCUT2D eigenvalue weighted by Gasteiger charge is 2.41. The van der Waals surface area contributed by atoms with E-state index >= 15 is 0 Å². The molecule has 0 bridgehead atoms. The van der Waals surface area contributed by atoms with Crippen molar-refractivity contribution in [2.75, 3.05) is 19.5 Å². The van der Waals surface area contributed by atoms with Gasteiger partial charge in [0.2, 0.25) is 20.2 Å². The van der Waals surface area contributed by atoms with E-state index in [9.17, 15) is 13.2 Å². The van der Waals surface area contributed by atoms with Gasteiger partial charge in [0.05, 0.1) is 17.5 Å². The molecular weight excluding hydrogens is 452 g/mol. The van der Waals surface area contributed by atoms with Crippen LogP contribution in [-0.2, 0) is 14.6 Å². The third-order valence-electron chi connectivity index (χ3n) is 4.38. The second kappa shape index (κ2) is 8.97. The van der Waals surface area contributed by atoms with E-state index in [1.807, 2.05) is 30.3 Å². The molecule has 164 valence electrons. The van der Waals surface area contributed by atoms with Gasteiger partial charge in [0.15, 0.2) is 0 Å². The van der Waals surface area contributed by atoms with Gasteiger partial charge < -0.3 is 9.47 Å². The average molecular weight is 471 g/mol. The molecule has 2 aromatic rings. The van der Waals surface area contributed by atoms with Crippen molar-refractivity contribution in [2.24, 2.45) is 9.39 Å². The first-order chi connectivity index (χ1) is 15.3. The van der Waals surface area contributed by atoms with Crippen molar-refractivity contribution in [2.45, 2.75) is 0 Å². The van der Waals surface area contributed by atoms with E-state index in [4.69, 9.17) is 14.9 Å². The lowest BCUT2D eigenvalue weighted by molar-refractivity contribution is -0.114. The summed E-state index contributed by atoms with van der Waals surface area (Å²) in [4.78, 5) is 17.3. The van der Waals surface area contributed by atoms with Crippen molar-refractivity contribution in [1.29, 1.82) is 5.41 Å². The van der Waals surface area contributed by atoms with Gasteiger partial charge in [-0.3, -0.25) is 10.2 Å². The number of carbonyl (C=O) groups excluding carboxylic acids is 1. The zero-order valence-corrected chi connectivity index (χ0v) is 18.5. The minimum atomic E-state index is -3.69. The number of sulfone groups is 1. The summed E-state index contributed by atoms with van der Waals surface area (Å²) >= 11 is 0.756. The Morgan fingerprint density at radius 1 is 1.03 bits per heavy atom. The highest BCUT2D eigenvalue weighted by Crippen LogP contribution is 2.29. The monoisotopic (exact) mass is 470 g/mol. The SMILES string of the molecule is CS(=O)(=O)C1=NSC2=NC(=O)/C(=C\c3ccc(OCCOc4ccccc4)cc3)C(=N)N21. The molecule has 9 nitrogen and oxygen atoms in total. The number of carbonyl (C=O) groups is 1. The summed E-state index contributed by atoms with van der Waals surface area (Å²) in [5.74, 6) is 0.477. The fourth-order valence-electron chi connectivity index (χ4n) is 2.90. The lowest BCUT2D eigenvalue weighted by atomic mass is 10.1. The van der Waals surface area contributed by atoms with Crippen molar-refractivity contribution in [3.63, 3.8) is 0 Å². The van der Waals surface area contributed by atoms with Gasteiger partial charge in [-0.15, -0.1) is 0 Å². The summed E-state index contributed by atoms with van der Waals surface area (Å²) in [6.45, 7) is 0.746. The summed E-state index contributed by atoms with van der Waals surface area (Å²) < 4.78 is 39.0. The maximum Gasteiger partial charge on any atom is 0.283 e. The van der Waals surface area contributed by atoms with Gasteiger partial charge in [0.1, 0.15) is 30.5 Å². The molecule has 11 heteroatoms. The maximum absolute atomic E-state index is 12.4. The largest absolute Gasteiger partial charge is 0.490 e. The van der Waals surface area contributed by atoms with E-state index in [1.165, 1.54) is 6.08 Å².